The van der Waals surface area contributed by atoms with Crippen molar-refractivity contribution >= 4 is 17.5 Å². The normalized spacial score (nSPS) is 20.3. The summed E-state index contributed by atoms with van der Waals surface area (Å²) in [6, 6.07) is 1.72. The van der Waals surface area contributed by atoms with Gasteiger partial charge in [0.2, 0.25) is 11.8 Å². The van der Waals surface area contributed by atoms with Crippen molar-refractivity contribution in [3.63, 3.8) is 0 Å². The average molecular weight is 366 g/mol. The maximum absolute atomic E-state index is 13.7. The standard InChI is InChI=1S/C19H21F3N2O2/c20-14-6-7-15(18(22)17(14)21)23-19(26)13-10-16(25)24(11-13)9-8-12-4-2-1-3-5-12/h4,6-7,13H,1-3,5,8-11H2,(H,23,26). The molecule has 1 saturated heterocycles. The van der Waals surface area contributed by atoms with Crippen LogP contribution in [0.2, 0.25) is 0 Å². The molecular formula is C19H21F3N2O2. The van der Waals surface area contributed by atoms with Gasteiger partial charge in [0.15, 0.2) is 17.5 Å². The van der Waals surface area contributed by atoms with Crippen molar-refractivity contribution in [1.82, 2.24) is 4.90 Å². The molecular weight excluding hydrogens is 345 g/mol. The first-order valence-corrected chi connectivity index (χ1v) is 8.85. The zero-order chi connectivity index (χ0) is 18.7. The van der Waals surface area contributed by atoms with E-state index in [1.165, 1.54) is 18.4 Å². The number of hydrogen-bond donors (Lipinski definition) is 1. The van der Waals surface area contributed by atoms with Gasteiger partial charge in [-0.15, -0.1) is 0 Å². The molecule has 26 heavy (non-hydrogen) atoms. The Labute approximate surface area is 150 Å². The maximum atomic E-state index is 13.7. The lowest BCUT2D eigenvalue weighted by atomic mass is 9.97. The van der Waals surface area contributed by atoms with Gasteiger partial charge in [0.25, 0.3) is 0 Å². The summed E-state index contributed by atoms with van der Waals surface area (Å²) in [5.41, 5.74) is 0.924. The molecule has 140 valence electrons. The van der Waals surface area contributed by atoms with E-state index in [-0.39, 0.29) is 18.9 Å². The molecule has 0 saturated carbocycles. The van der Waals surface area contributed by atoms with Gasteiger partial charge in [0.1, 0.15) is 0 Å². The first kappa shape index (κ1) is 18.5. The average Bonchev–Trinajstić information content (AvgIpc) is 3.02. The number of rotatable bonds is 5. The Balaban J connectivity index is 1.57. The van der Waals surface area contributed by atoms with E-state index in [2.05, 4.69) is 11.4 Å². The third kappa shape index (κ3) is 4.08. The van der Waals surface area contributed by atoms with Crippen LogP contribution in [-0.4, -0.2) is 29.8 Å². The zero-order valence-corrected chi connectivity index (χ0v) is 14.4. The Bertz CT molecular complexity index is 749. The largest absolute Gasteiger partial charge is 0.342 e. The molecule has 0 radical (unpaired) electrons. The van der Waals surface area contributed by atoms with Gasteiger partial charge in [-0.05, 0) is 44.2 Å². The molecule has 1 aromatic carbocycles. The highest BCUT2D eigenvalue weighted by Crippen LogP contribution is 2.25. The van der Waals surface area contributed by atoms with Gasteiger partial charge in [-0.25, -0.2) is 13.2 Å². The number of amides is 2. The Hall–Kier alpha value is -2.31. The molecule has 2 aliphatic rings. The summed E-state index contributed by atoms with van der Waals surface area (Å²) in [6.07, 6.45) is 7.57. The van der Waals surface area contributed by atoms with E-state index in [1.54, 1.807) is 4.90 Å². The Kier molecular flexibility index (Phi) is 5.64. The molecule has 1 N–H and O–H groups in total. The first-order valence-electron chi connectivity index (χ1n) is 8.85. The SMILES string of the molecule is O=C(Nc1ccc(F)c(F)c1F)C1CC(=O)N(CCC2=CCCCC2)C1. The van der Waals surface area contributed by atoms with Crippen LogP contribution in [0.15, 0.2) is 23.8 Å². The second kappa shape index (κ2) is 7.93. The third-order valence-electron chi connectivity index (χ3n) is 4.97. The first-order chi connectivity index (χ1) is 12.5. The van der Waals surface area contributed by atoms with Crippen molar-refractivity contribution in [2.75, 3.05) is 18.4 Å². The molecule has 0 bridgehead atoms. The highest BCUT2D eigenvalue weighted by molar-refractivity contribution is 5.97. The number of carbonyl (C=O) groups excluding carboxylic acids is 2. The number of nitrogens with one attached hydrogen (secondary N) is 1. The molecule has 1 aromatic rings. The molecule has 1 atom stereocenters. The molecule has 1 unspecified atom stereocenters. The summed E-state index contributed by atoms with van der Waals surface area (Å²) < 4.78 is 39.9. The topological polar surface area (TPSA) is 49.4 Å². The molecule has 2 amide bonds. The van der Waals surface area contributed by atoms with Crippen molar-refractivity contribution in [3.05, 3.63) is 41.2 Å². The van der Waals surface area contributed by atoms with Gasteiger partial charge >= 0.3 is 0 Å². The summed E-state index contributed by atoms with van der Waals surface area (Å²) in [5.74, 6) is -5.71. The summed E-state index contributed by atoms with van der Waals surface area (Å²) in [7, 11) is 0. The monoisotopic (exact) mass is 366 g/mol. The van der Waals surface area contributed by atoms with Crippen LogP contribution >= 0.6 is 0 Å². The van der Waals surface area contributed by atoms with Gasteiger partial charge in [0.05, 0.1) is 11.6 Å². The van der Waals surface area contributed by atoms with Gasteiger partial charge in [-0.2, -0.15) is 0 Å². The number of likely N-dealkylation sites (tertiary alicyclic amines) is 1. The van der Waals surface area contributed by atoms with E-state index < -0.39 is 35.0 Å². The van der Waals surface area contributed by atoms with Gasteiger partial charge in [0, 0.05) is 19.5 Å². The van der Waals surface area contributed by atoms with Crippen LogP contribution < -0.4 is 5.32 Å². The van der Waals surface area contributed by atoms with Crippen molar-refractivity contribution in [2.45, 2.75) is 38.5 Å². The van der Waals surface area contributed by atoms with Crippen LogP contribution in [-0.2, 0) is 9.59 Å². The minimum Gasteiger partial charge on any atom is -0.342 e. The number of allylic oxidation sites excluding steroid dienone is 1. The number of anilines is 1. The predicted molar refractivity (Wildman–Crippen MR) is 90.8 cm³/mol. The molecule has 0 spiro atoms. The van der Waals surface area contributed by atoms with Gasteiger partial charge in [-0.3, -0.25) is 9.59 Å². The number of nitrogens with zero attached hydrogens (tertiary/aromatic N) is 1. The molecule has 1 heterocycles. The van der Waals surface area contributed by atoms with Crippen LogP contribution in [0.3, 0.4) is 0 Å². The molecule has 0 aromatic heterocycles. The fourth-order valence-corrected chi connectivity index (χ4v) is 3.43. The predicted octanol–water partition coefficient (Wildman–Crippen LogP) is 3.78. The molecule has 3 rings (SSSR count). The lowest BCUT2D eigenvalue weighted by Crippen LogP contribution is -2.29. The molecule has 1 aliphatic heterocycles. The Morgan fingerprint density at radius 2 is 2.00 bits per heavy atom. The number of benzene rings is 1. The zero-order valence-electron chi connectivity index (χ0n) is 14.4. The fraction of sp³-hybridized carbons (Fsp3) is 0.474. The van der Waals surface area contributed by atoms with E-state index in [0.717, 1.165) is 31.4 Å². The lowest BCUT2D eigenvalue weighted by molar-refractivity contribution is -0.128. The summed E-state index contributed by atoms with van der Waals surface area (Å²) in [6.45, 7) is 0.817. The second-order valence-electron chi connectivity index (χ2n) is 6.81. The smallest absolute Gasteiger partial charge is 0.229 e. The number of carbonyl (C=O) groups is 2. The lowest BCUT2D eigenvalue weighted by Gasteiger charge is -2.19. The summed E-state index contributed by atoms with van der Waals surface area (Å²) in [4.78, 5) is 26.0. The van der Waals surface area contributed by atoms with E-state index in [0.29, 0.717) is 6.54 Å². The second-order valence-corrected chi connectivity index (χ2v) is 6.81. The van der Waals surface area contributed by atoms with E-state index in [4.69, 9.17) is 0 Å². The quantitative estimate of drug-likeness (QED) is 0.637. The van der Waals surface area contributed by atoms with Crippen LogP contribution in [0.4, 0.5) is 18.9 Å². The van der Waals surface area contributed by atoms with Crippen molar-refractivity contribution < 1.29 is 22.8 Å². The van der Waals surface area contributed by atoms with Crippen molar-refractivity contribution in [1.29, 1.82) is 0 Å². The number of hydrogen-bond acceptors (Lipinski definition) is 2. The van der Waals surface area contributed by atoms with Crippen molar-refractivity contribution in [2.24, 2.45) is 5.92 Å². The minimum absolute atomic E-state index is 0.0379. The Morgan fingerprint density at radius 1 is 1.19 bits per heavy atom. The molecule has 7 heteroatoms. The van der Waals surface area contributed by atoms with E-state index in [9.17, 15) is 22.8 Å². The van der Waals surface area contributed by atoms with E-state index >= 15 is 0 Å². The molecule has 4 nitrogen and oxygen atoms in total. The molecule has 1 aliphatic carbocycles. The Morgan fingerprint density at radius 3 is 2.73 bits per heavy atom. The highest BCUT2D eigenvalue weighted by Gasteiger charge is 2.34. The summed E-state index contributed by atoms with van der Waals surface area (Å²) in [5, 5.41) is 2.26. The minimum atomic E-state index is -1.63. The van der Waals surface area contributed by atoms with Crippen LogP contribution in [0.25, 0.3) is 0 Å². The van der Waals surface area contributed by atoms with Crippen LogP contribution in [0.1, 0.15) is 38.5 Å². The third-order valence-corrected chi connectivity index (χ3v) is 4.97. The summed E-state index contributed by atoms with van der Waals surface area (Å²) >= 11 is 0. The van der Waals surface area contributed by atoms with Crippen LogP contribution in [0, 0.1) is 23.4 Å². The van der Waals surface area contributed by atoms with Crippen molar-refractivity contribution in [3.8, 4) is 0 Å². The maximum Gasteiger partial charge on any atom is 0.229 e. The fourth-order valence-electron chi connectivity index (χ4n) is 3.43. The van der Waals surface area contributed by atoms with Gasteiger partial charge in [-0.1, -0.05) is 11.6 Å². The van der Waals surface area contributed by atoms with E-state index in [1.807, 2.05) is 0 Å². The highest BCUT2D eigenvalue weighted by atomic mass is 19.2. The number of halogens is 3. The molecule has 1 fully saturated rings. The van der Waals surface area contributed by atoms with Crippen LogP contribution in [0.5, 0.6) is 0 Å². The van der Waals surface area contributed by atoms with Gasteiger partial charge < -0.3 is 10.2 Å².